The van der Waals surface area contributed by atoms with E-state index in [1.54, 1.807) is 7.11 Å². The van der Waals surface area contributed by atoms with Crippen LogP contribution < -0.4 is 15.4 Å². The molecule has 1 heterocycles. The van der Waals surface area contributed by atoms with Gasteiger partial charge in [0.2, 0.25) is 0 Å². The van der Waals surface area contributed by atoms with Crippen molar-refractivity contribution >= 4 is 0 Å². The maximum atomic E-state index is 5.26. The number of hydrogen-bond acceptors (Lipinski definition) is 3. The molecule has 0 spiro atoms. The Balaban J connectivity index is 2.01. The molecule has 0 radical (unpaired) electrons. The Morgan fingerprint density at radius 2 is 2.25 bits per heavy atom. The van der Waals surface area contributed by atoms with Crippen LogP contribution in [-0.4, -0.2) is 32.8 Å². The highest BCUT2D eigenvalue weighted by molar-refractivity contribution is 5.36. The topological polar surface area (TPSA) is 33.3 Å². The molecule has 3 heteroatoms. The van der Waals surface area contributed by atoms with Crippen molar-refractivity contribution in [2.75, 3.05) is 26.7 Å². The maximum Gasteiger partial charge on any atom is 0.121 e. The van der Waals surface area contributed by atoms with Crippen molar-refractivity contribution in [3.8, 4) is 5.75 Å². The van der Waals surface area contributed by atoms with Crippen LogP contribution in [0.5, 0.6) is 5.75 Å². The highest BCUT2D eigenvalue weighted by Crippen LogP contribution is 2.19. The summed E-state index contributed by atoms with van der Waals surface area (Å²) >= 11 is 0. The monoisotopic (exact) mass is 220 g/mol. The van der Waals surface area contributed by atoms with E-state index < -0.39 is 0 Å². The lowest BCUT2D eigenvalue weighted by Crippen LogP contribution is -2.49. The van der Waals surface area contributed by atoms with Crippen molar-refractivity contribution < 1.29 is 4.74 Å². The minimum absolute atomic E-state index is 0.557. The number of rotatable bonds is 3. The number of ether oxygens (including phenoxy) is 1. The van der Waals surface area contributed by atoms with Gasteiger partial charge in [0.1, 0.15) is 5.75 Å². The van der Waals surface area contributed by atoms with Gasteiger partial charge in [0.15, 0.2) is 0 Å². The lowest BCUT2D eigenvalue weighted by Gasteiger charge is -2.24. The van der Waals surface area contributed by atoms with E-state index in [2.05, 4.69) is 35.8 Å². The van der Waals surface area contributed by atoms with Crippen LogP contribution in [0.25, 0.3) is 0 Å². The van der Waals surface area contributed by atoms with E-state index in [9.17, 15) is 0 Å². The van der Waals surface area contributed by atoms with Gasteiger partial charge in [0, 0.05) is 25.7 Å². The van der Waals surface area contributed by atoms with Crippen LogP contribution in [0.2, 0.25) is 0 Å². The fourth-order valence-corrected chi connectivity index (χ4v) is 2.21. The van der Waals surface area contributed by atoms with Crippen molar-refractivity contribution in [1.82, 2.24) is 10.6 Å². The molecule has 0 amide bonds. The van der Waals surface area contributed by atoms with Crippen LogP contribution in [0.3, 0.4) is 0 Å². The molecule has 1 aliphatic heterocycles. The highest BCUT2D eigenvalue weighted by Gasteiger charge is 2.12. The molecule has 0 unspecified atom stereocenters. The standard InChI is InChI=1S/C13H20N2O/c1-10-7-11(3-4-13(10)16-2)8-12-9-14-5-6-15-12/h3-4,7,12,14-15H,5-6,8-9H2,1-2H3/t12-/m1/s1. The highest BCUT2D eigenvalue weighted by atomic mass is 16.5. The van der Waals surface area contributed by atoms with E-state index in [4.69, 9.17) is 4.74 Å². The number of methoxy groups -OCH3 is 1. The lowest BCUT2D eigenvalue weighted by atomic mass is 10.0. The van der Waals surface area contributed by atoms with Crippen LogP contribution in [0, 0.1) is 6.92 Å². The van der Waals surface area contributed by atoms with Gasteiger partial charge in [-0.05, 0) is 30.5 Å². The van der Waals surface area contributed by atoms with Crippen LogP contribution in [0.4, 0.5) is 0 Å². The summed E-state index contributed by atoms with van der Waals surface area (Å²) in [6.07, 6.45) is 1.08. The van der Waals surface area contributed by atoms with E-state index in [1.165, 1.54) is 11.1 Å². The smallest absolute Gasteiger partial charge is 0.121 e. The number of benzene rings is 1. The zero-order valence-electron chi connectivity index (χ0n) is 10.0. The lowest BCUT2D eigenvalue weighted by molar-refractivity contribution is 0.409. The second kappa shape index (κ2) is 5.32. The zero-order chi connectivity index (χ0) is 11.4. The molecule has 1 aromatic carbocycles. The molecular formula is C13H20N2O. The molecule has 1 atom stereocenters. The van der Waals surface area contributed by atoms with Gasteiger partial charge < -0.3 is 15.4 Å². The Morgan fingerprint density at radius 1 is 1.38 bits per heavy atom. The number of nitrogens with one attached hydrogen (secondary N) is 2. The van der Waals surface area contributed by atoms with E-state index in [0.717, 1.165) is 31.8 Å². The van der Waals surface area contributed by atoms with Gasteiger partial charge in [-0.1, -0.05) is 12.1 Å². The van der Waals surface area contributed by atoms with Crippen molar-refractivity contribution in [2.24, 2.45) is 0 Å². The SMILES string of the molecule is COc1ccc(C[C@@H]2CNCCN2)cc1C. The number of hydrogen-bond donors (Lipinski definition) is 2. The summed E-state index contributed by atoms with van der Waals surface area (Å²) in [5.74, 6) is 0.971. The molecule has 2 N–H and O–H groups in total. The molecule has 16 heavy (non-hydrogen) atoms. The van der Waals surface area contributed by atoms with Gasteiger partial charge in [0.25, 0.3) is 0 Å². The first-order chi connectivity index (χ1) is 7.79. The second-order valence-corrected chi connectivity index (χ2v) is 4.36. The van der Waals surface area contributed by atoms with E-state index >= 15 is 0 Å². The van der Waals surface area contributed by atoms with Crippen LogP contribution in [-0.2, 0) is 6.42 Å². The molecule has 2 rings (SSSR count). The summed E-state index contributed by atoms with van der Waals surface area (Å²) < 4.78 is 5.26. The van der Waals surface area contributed by atoms with Gasteiger partial charge in [-0.15, -0.1) is 0 Å². The number of piperazine rings is 1. The predicted octanol–water partition coefficient (Wildman–Crippen LogP) is 1.11. The third kappa shape index (κ3) is 2.74. The molecule has 1 fully saturated rings. The summed E-state index contributed by atoms with van der Waals surface area (Å²) in [6.45, 7) is 5.30. The summed E-state index contributed by atoms with van der Waals surface area (Å²) in [5, 5.41) is 6.93. The van der Waals surface area contributed by atoms with Gasteiger partial charge >= 0.3 is 0 Å². The first-order valence-corrected chi connectivity index (χ1v) is 5.87. The van der Waals surface area contributed by atoms with Gasteiger partial charge in [0.05, 0.1) is 7.11 Å². The Morgan fingerprint density at radius 3 is 2.88 bits per heavy atom. The normalized spacial score (nSPS) is 20.8. The van der Waals surface area contributed by atoms with Crippen molar-refractivity contribution in [2.45, 2.75) is 19.4 Å². The zero-order valence-corrected chi connectivity index (χ0v) is 10.0. The summed E-state index contributed by atoms with van der Waals surface area (Å²) in [4.78, 5) is 0. The Labute approximate surface area is 97.2 Å². The summed E-state index contributed by atoms with van der Waals surface area (Å²) in [7, 11) is 1.72. The fourth-order valence-electron chi connectivity index (χ4n) is 2.21. The molecule has 0 aliphatic carbocycles. The minimum atomic E-state index is 0.557. The average Bonchev–Trinajstić information content (AvgIpc) is 2.31. The predicted molar refractivity (Wildman–Crippen MR) is 66.1 cm³/mol. The molecule has 1 aromatic rings. The maximum absolute atomic E-state index is 5.26. The molecule has 0 aromatic heterocycles. The third-order valence-corrected chi connectivity index (χ3v) is 3.07. The third-order valence-electron chi connectivity index (χ3n) is 3.07. The molecule has 1 saturated heterocycles. The second-order valence-electron chi connectivity index (χ2n) is 4.36. The Hall–Kier alpha value is -1.06. The Kier molecular flexibility index (Phi) is 3.80. The minimum Gasteiger partial charge on any atom is -0.496 e. The van der Waals surface area contributed by atoms with Gasteiger partial charge in [-0.2, -0.15) is 0 Å². The van der Waals surface area contributed by atoms with Crippen molar-refractivity contribution in [3.05, 3.63) is 29.3 Å². The average molecular weight is 220 g/mol. The van der Waals surface area contributed by atoms with E-state index in [0.29, 0.717) is 6.04 Å². The van der Waals surface area contributed by atoms with Gasteiger partial charge in [-0.3, -0.25) is 0 Å². The summed E-state index contributed by atoms with van der Waals surface area (Å²) in [5.41, 5.74) is 2.59. The number of aryl methyl sites for hydroxylation is 1. The van der Waals surface area contributed by atoms with Crippen LogP contribution in [0.1, 0.15) is 11.1 Å². The summed E-state index contributed by atoms with van der Waals surface area (Å²) in [6, 6.07) is 6.99. The first-order valence-electron chi connectivity index (χ1n) is 5.87. The van der Waals surface area contributed by atoms with Crippen LogP contribution >= 0.6 is 0 Å². The largest absolute Gasteiger partial charge is 0.496 e. The quantitative estimate of drug-likeness (QED) is 0.800. The fraction of sp³-hybridized carbons (Fsp3) is 0.538. The molecule has 0 saturated carbocycles. The van der Waals surface area contributed by atoms with E-state index in [-0.39, 0.29) is 0 Å². The molecule has 1 aliphatic rings. The van der Waals surface area contributed by atoms with Gasteiger partial charge in [-0.25, -0.2) is 0 Å². The Bertz CT molecular complexity index is 346. The van der Waals surface area contributed by atoms with Crippen molar-refractivity contribution in [1.29, 1.82) is 0 Å². The first kappa shape index (κ1) is 11.4. The van der Waals surface area contributed by atoms with E-state index in [1.807, 2.05) is 0 Å². The molecule has 88 valence electrons. The molecule has 0 bridgehead atoms. The van der Waals surface area contributed by atoms with Crippen molar-refractivity contribution in [3.63, 3.8) is 0 Å². The van der Waals surface area contributed by atoms with Crippen LogP contribution in [0.15, 0.2) is 18.2 Å². The molecular weight excluding hydrogens is 200 g/mol. The molecule has 3 nitrogen and oxygen atoms in total.